The Labute approximate surface area is 130 Å². The SMILES string of the molecule is CCNC(C)(CC(C)N1C(C)CCC1CC)C(=O)OCC. The summed E-state index contributed by atoms with van der Waals surface area (Å²) in [6, 6.07) is 1.64. The Morgan fingerprint density at radius 1 is 1.38 bits per heavy atom. The molecule has 0 spiro atoms. The van der Waals surface area contributed by atoms with E-state index >= 15 is 0 Å². The molecule has 1 fully saturated rings. The molecular weight excluding hydrogens is 264 g/mol. The predicted molar refractivity (Wildman–Crippen MR) is 87.4 cm³/mol. The molecule has 1 aliphatic rings. The normalized spacial score (nSPS) is 27.3. The molecule has 0 aromatic rings. The van der Waals surface area contributed by atoms with E-state index < -0.39 is 5.54 Å². The minimum absolute atomic E-state index is 0.126. The van der Waals surface area contributed by atoms with Gasteiger partial charge in [0.05, 0.1) is 6.61 Å². The molecule has 1 heterocycles. The third-order valence-electron chi connectivity index (χ3n) is 4.83. The number of nitrogens with zero attached hydrogens (tertiary/aromatic N) is 1. The first-order valence-corrected chi connectivity index (χ1v) is 8.59. The smallest absolute Gasteiger partial charge is 0.326 e. The van der Waals surface area contributed by atoms with Crippen molar-refractivity contribution in [3.05, 3.63) is 0 Å². The van der Waals surface area contributed by atoms with Gasteiger partial charge in [-0.2, -0.15) is 0 Å². The second-order valence-corrected chi connectivity index (χ2v) is 6.57. The number of hydrogen-bond acceptors (Lipinski definition) is 4. The van der Waals surface area contributed by atoms with E-state index in [2.05, 4.69) is 31.0 Å². The summed E-state index contributed by atoms with van der Waals surface area (Å²) in [7, 11) is 0. The van der Waals surface area contributed by atoms with Crippen molar-refractivity contribution in [3.63, 3.8) is 0 Å². The van der Waals surface area contributed by atoms with Gasteiger partial charge in [-0.3, -0.25) is 9.69 Å². The van der Waals surface area contributed by atoms with Crippen molar-refractivity contribution in [2.75, 3.05) is 13.2 Å². The second-order valence-electron chi connectivity index (χ2n) is 6.57. The topological polar surface area (TPSA) is 41.6 Å². The van der Waals surface area contributed by atoms with E-state index in [4.69, 9.17) is 4.74 Å². The molecule has 0 radical (unpaired) electrons. The second kappa shape index (κ2) is 8.14. The van der Waals surface area contributed by atoms with Gasteiger partial charge in [0.1, 0.15) is 5.54 Å². The van der Waals surface area contributed by atoms with Gasteiger partial charge in [-0.15, -0.1) is 0 Å². The lowest BCUT2D eigenvalue weighted by atomic mass is 9.92. The van der Waals surface area contributed by atoms with E-state index in [-0.39, 0.29) is 5.97 Å². The van der Waals surface area contributed by atoms with Crippen LogP contribution in [0.3, 0.4) is 0 Å². The van der Waals surface area contributed by atoms with Gasteiger partial charge in [0, 0.05) is 18.1 Å². The summed E-state index contributed by atoms with van der Waals surface area (Å²) >= 11 is 0. The number of rotatable bonds is 8. The van der Waals surface area contributed by atoms with Crippen LogP contribution in [0.25, 0.3) is 0 Å². The molecular formula is C17H34N2O2. The Balaban J connectivity index is 2.80. The van der Waals surface area contributed by atoms with Crippen LogP contribution in [-0.2, 0) is 9.53 Å². The number of carbonyl (C=O) groups is 1. The first-order chi connectivity index (χ1) is 9.89. The van der Waals surface area contributed by atoms with Gasteiger partial charge in [-0.25, -0.2) is 0 Å². The van der Waals surface area contributed by atoms with E-state index in [0.717, 1.165) is 13.0 Å². The Morgan fingerprint density at radius 3 is 2.57 bits per heavy atom. The maximum atomic E-state index is 12.3. The molecule has 0 saturated carbocycles. The molecule has 4 nitrogen and oxygen atoms in total. The van der Waals surface area contributed by atoms with Crippen LogP contribution in [0.1, 0.15) is 67.2 Å². The third kappa shape index (κ3) is 4.43. The molecule has 0 aromatic carbocycles. The number of nitrogens with one attached hydrogen (secondary N) is 1. The minimum atomic E-state index is -0.592. The summed E-state index contributed by atoms with van der Waals surface area (Å²) < 4.78 is 5.28. The molecule has 1 rings (SSSR count). The van der Waals surface area contributed by atoms with Crippen LogP contribution in [0.4, 0.5) is 0 Å². The zero-order chi connectivity index (χ0) is 16.0. The molecule has 4 unspecified atom stereocenters. The Morgan fingerprint density at radius 2 is 2.05 bits per heavy atom. The highest BCUT2D eigenvalue weighted by Crippen LogP contribution is 2.31. The van der Waals surface area contributed by atoms with Crippen LogP contribution in [0, 0.1) is 0 Å². The fourth-order valence-electron chi connectivity index (χ4n) is 3.91. The first-order valence-electron chi connectivity index (χ1n) is 8.59. The number of hydrogen-bond donors (Lipinski definition) is 1. The average Bonchev–Trinajstić information content (AvgIpc) is 2.80. The summed E-state index contributed by atoms with van der Waals surface area (Å²) in [5.74, 6) is -0.126. The van der Waals surface area contributed by atoms with Crippen molar-refractivity contribution < 1.29 is 9.53 Å². The van der Waals surface area contributed by atoms with Gasteiger partial charge in [0.15, 0.2) is 0 Å². The first kappa shape index (κ1) is 18.4. The Kier molecular flexibility index (Phi) is 7.14. The average molecular weight is 298 g/mol. The van der Waals surface area contributed by atoms with Gasteiger partial charge in [-0.05, 0) is 59.9 Å². The van der Waals surface area contributed by atoms with Crippen LogP contribution in [0.2, 0.25) is 0 Å². The lowest BCUT2D eigenvalue weighted by molar-refractivity contribution is -0.151. The summed E-state index contributed by atoms with van der Waals surface area (Å²) in [6.45, 7) is 13.9. The number of likely N-dealkylation sites (N-methyl/N-ethyl adjacent to an activating group) is 1. The van der Waals surface area contributed by atoms with Gasteiger partial charge < -0.3 is 10.1 Å². The Hall–Kier alpha value is -0.610. The fourth-order valence-corrected chi connectivity index (χ4v) is 3.91. The van der Waals surface area contributed by atoms with Gasteiger partial charge in [0.2, 0.25) is 0 Å². The van der Waals surface area contributed by atoms with Crippen LogP contribution in [0.15, 0.2) is 0 Å². The number of ether oxygens (including phenoxy) is 1. The lowest BCUT2D eigenvalue weighted by Crippen LogP contribution is -2.55. The molecule has 0 amide bonds. The summed E-state index contributed by atoms with van der Waals surface area (Å²) in [5.41, 5.74) is -0.592. The predicted octanol–water partition coefficient (Wildman–Crippen LogP) is 2.96. The van der Waals surface area contributed by atoms with E-state index in [1.54, 1.807) is 0 Å². The van der Waals surface area contributed by atoms with Crippen molar-refractivity contribution in [1.82, 2.24) is 10.2 Å². The zero-order valence-electron chi connectivity index (χ0n) is 14.7. The van der Waals surface area contributed by atoms with Crippen molar-refractivity contribution in [3.8, 4) is 0 Å². The van der Waals surface area contributed by atoms with E-state index in [1.165, 1.54) is 19.3 Å². The van der Waals surface area contributed by atoms with Gasteiger partial charge in [-0.1, -0.05) is 13.8 Å². The van der Waals surface area contributed by atoms with Crippen molar-refractivity contribution in [1.29, 1.82) is 0 Å². The molecule has 1 saturated heterocycles. The maximum Gasteiger partial charge on any atom is 0.326 e. The highest BCUT2D eigenvalue weighted by atomic mass is 16.5. The van der Waals surface area contributed by atoms with E-state index in [9.17, 15) is 4.79 Å². The van der Waals surface area contributed by atoms with Crippen molar-refractivity contribution in [2.45, 2.75) is 90.9 Å². The van der Waals surface area contributed by atoms with Gasteiger partial charge in [0.25, 0.3) is 0 Å². The highest BCUT2D eigenvalue weighted by molar-refractivity contribution is 5.80. The minimum Gasteiger partial charge on any atom is -0.465 e. The third-order valence-corrected chi connectivity index (χ3v) is 4.83. The highest BCUT2D eigenvalue weighted by Gasteiger charge is 2.40. The molecule has 1 N–H and O–H groups in total. The largest absolute Gasteiger partial charge is 0.465 e. The quantitative estimate of drug-likeness (QED) is 0.700. The van der Waals surface area contributed by atoms with Crippen LogP contribution in [-0.4, -0.2) is 47.7 Å². The zero-order valence-corrected chi connectivity index (χ0v) is 14.7. The standard InChI is InChI=1S/C17H34N2O2/c1-7-15-11-10-13(4)19(15)14(5)12-17(6,18-8-2)16(20)21-9-3/h13-15,18H,7-12H2,1-6H3. The monoisotopic (exact) mass is 298 g/mol. The van der Waals surface area contributed by atoms with Crippen LogP contribution >= 0.6 is 0 Å². The van der Waals surface area contributed by atoms with Crippen LogP contribution in [0.5, 0.6) is 0 Å². The Bertz CT molecular complexity index is 335. The number of carbonyl (C=O) groups excluding carboxylic acids is 1. The molecule has 0 aromatic heterocycles. The fraction of sp³-hybridized carbons (Fsp3) is 0.941. The maximum absolute atomic E-state index is 12.3. The molecule has 124 valence electrons. The van der Waals surface area contributed by atoms with E-state index in [1.807, 2.05) is 20.8 Å². The van der Waals surface area contributed by atoms with Crippen LogP contribution < -0.4 is 5.32 Å². The number of esters is 1. The lowest BCUT2D eigenvalue weighted by Gasteiger charge is -2.39. The molecule has 1 aliphatic heterocycles. The molecule has 21 heavy (non-hydrogen) atoms. The summed E-state index contributed by atoms with van der Waals surface area (Å²) in [6.07, 6.45) is 4.52. The van der Waals surface area contributed by atoms with Gasteiger partial charge >= 0.3 is 5.97 Å². The van der Waals surface area contributed by atoms with E-state index in [0.29, 0.717) is 24.7 Å². The van der Waals surface area contributed by atoms with Crippen molar-refractivity contribution >= 4 is 5.97 Å². The van der Waals surface area contributed by atoms with Crippen molar-refractivity contribution in [2.24, 2.45) is 0 Å². The molecule has 0 bridgehead atoms. The molecule has 4 heteroatoms. The number of likely N-dealkylation sites (tertiary alicyclic amines) is 1. The summed E-state index contributed by atoms with van der Waals surface area (Å²) in [4.78, 5) is 14.9. The molecule has 4 atom stereocenters. The summed E-state index contributed by atoms with van der Waals surface area (Å²) in [5, 5.41) is 3.34. The molecule has 0 aliphatic carbocycles.